The second-order valence-corrected chi connectivity index (χ2v) is 12.9. The molecule has 0 radical (unpaired) electrons. The number of nitrogens with one attached hydrogen (secondary N) is 1. The summed E-state index contributed by atoms with van der Waals surface area (Å²) >= 11 is 0. The maximum absolute atomic E-state index is 14.2. The molecule has 9 heteroatoms. The molecule has 4 rings (SSSR count). The summed E-state index contributed by atoms with van der Waals surface area (Å²) < 4.78 is 34.9. The van der Waals surface area contributed by atoms with Gasteiger partial charge in [-0.3, -0.25) is 13.9 Å². The first kappa shape index (κ1) is 31.1. The average molecular weight is 592 g/mol. The number of aryl methyl sites for hydroxylation is 2. The summed E-state index contributed by atoms with van der Waals surface area (Å²) in [7, 11) is -2.72. The van der Waals surface area contributed by atoms with E-state index in [1.807, 2.05) is 50.2 Å². The predicted molar refractivity (Wildman–Crippen MR) is 165 cm³/mol. The molecule has 0 spiro atoms. The number of carbonyl (C=O) groups excluding carboxylic acids is 2. The summed E-state index contributed by atoms with van der Waals surface area (Å²) in [4.78, 5) is 29.2. The number of hydrogen-bond donors (Lipinski definition) is 1. The van der Waals surface area contributed by atoms with Crippen LogP contribution in [0.3, 0.4) is 0 Å². The van der Waals surface area contributed by atoms with Gasteiger partial charge >= 0.3 is 0 Å². The SMILES string of the molecule is COc1ccc(C)cc1N(CC(=O)N(Cc1ccccc1)C(C)C(=O)NC1CCCCC1)S(=O)(=O)c1ccc(C)cc1. The van der Waals surface area contributed by atoms with Gasteiger partial charge in [-0.15, -0.1) is 0 Å². The highest BCUT2D eigenvalue weighted by Crippen LogP contribution is 2.34. The Morgan fingerprint density at radius 3 is 2.21 bits per heavy atom. The lowest BCUT2D eigenvalue weighted by atomic mass is 9.95. The molecule has 3 aromatic rings. The first-order chi connectivity index (χ1) is 20.1. The maximum Gasteiger partial charge on any atom is 0.264 e. The predicted octanol–water partition coefficient (Wildman–Crippen LogP) is 5.37. The molecule has 0 aromatic heterocycles. The van der Waals surface area contributed by atoms with Crippen molar-refractivity contribution in [2.75, 3.05) is 18.0 Å². The van der Waals surface area contributed by atoms with Crippen molar-refractivity contribution >= 4 is 27.5 Å². The largest absolute Gasteiger partial charge is 0.495 e. The van der Waals surface area contributed by atoms with Gasteiger partial charge in [0.15, 0.2) is 0 Å². The third kappa shape index (κ3) is 7.50. The normalized spacial score (nSPS) is 14.6. The fourth-order valence-corrected chi connectivity index (χ4v) is 6.69. The Morgan fingerprint density at radius 1 is 0.929 bits per heavy atom. The maximum atomic E-state index is 14.2. The first-order valence-corrected chi connectivity index (χ1v) is 15.9. The molecule has 1 unspecified atom stereocenters. The average Bonchev–Trinajstić information content (AvgIpc) is 2.99. The van der Waals surface area contributed by atoms with E-state index in [0.717, 1.165) is 53.1 Å². The molecule has 0 saturated heterocycles. The number of anilines is 1. The molecule has 1 N–H and O–H groups in total. The minimum atomic E-state index is -4.19. The lowest BCUT2D eigenvalue weighted by Gasteiger charge is -2.33. The molecule has 0 heterocycles. The Labute approximate surface area is 249 Å². The Morgan fingerprint density at radius 2 is 1.57 bits per heavy atom. The lowest BCUT2D eigenvalue weighted by Crippen LogP contribution is -2.53. The summed E-state index contributed by atoms with van der Waals surface area (Å²) in [6.45, 7) is 5.07. The second-order valence-electron chi connectivity index (χ2n) is 11.0. The fourth-order valence-electron chi connectivity index (χ4n) is 5.28. The van der Waals surface area contributed by atoms with Crippen molar-refractivity contribution in [2.45, 2.75) is 76.4 Å². The van der Waals surface area contributed by atoms with Gasteiger partial charge in [0, 0.05) is 12.6 Å². The fraction of sp³-hybridized carbons (Fsp3) is 0.394. The van der Waals surface area contributed by atoms with E-state index in [2.05, 4.69) is 5.32 Å². The number of nitrogens with zero attached hydrogens (tertiary/aromatic N) is 2. The molecule has 1 aliphatic rings. The van der Waals surface area contributed by atoms with E-state index in [1.54, 1.807) is 31.2 Å². The molecule has 0 aliphatic heterocycles. The highest BCUT2D eigenvalue weighted by molar-refractivity contribution is 7.92. The van der Waals surface area contributed by atoms with Crippen LogP contribution in [-0.4, -0.2) is 50.9 Å². The van der Waals surface area contributed by atoms with E-state index in [0.29, 0.717) is 5.75 Å². The highest BCUT2D eigenvalue weighted by atomic mass is 32.2. The zero-order valence-corrected chi connectivity index (χ0v) is 25.7. The number of benzene rings is 3. The van der Waals surface area contributed by atoms with Gasteiger partial charge in [0.2, 0.25) is 11.8 Å². The Balaban J connectivity index is 1.71. The summed E-state index contributed by atoms with van der Waals surface area (Å²) in [5, 5.41) is 3.13. The number of sulfonamides is 1. The molecule has 1 aliphatic carbocycles. The molecule has 1 fully saturated rings. The van der Waals surface area contributed by atoms with Crippen molar-refractivity contribution in [3.8, 4) is 5.75 Å². The van der Waals surface area contributed by atoms with Gasteiger partial charge in [-0.1, -0.05) is 73.4 Å². The first-order valence-electron chi connectivity index (χ1n) is 14.5. The highest BCUT2D eigenvalue weighted by Gasteiger charge is 2.34. The Hall–Kier alpha value is -3.85. The summed E-state index contributed by atoms with van der Waals surface area (Å²) in [6, 6.07) is 20.4. The molecule has 0 bridgehead atoms. The van der Waals surface area contributed by atoms with Crippen molar-refractivity contribution in [3.05, 3.63) is 89.5 Å². The summed E-state index contributed by atoms with van der Waals surface area (Å²) in [5.74, 6) is -0.418. The van der Waals surface area contributed by atoms with Crippen LogP contribution in [0.25, 0.3) is 0 Å². The quantitative estimate of drug-likeness (QED) is 0.323. The molecule has 2 amide bonds. The second kappa shape index (κ2) is 13.9. The van der Waals surface area contributed by atoms with Gasteiger partial charge in [0.1, 0.15) is 18.3 Å². The molecule has 3 aromatic carbocycles. The molecule has 8 nitrogen and oxygen atoms in total. The van der Waals surface area contributed by atoms with Crippen LogP contribution in [0.2, 0.25) is 0 Å². The van der Waals surface area contributed by atoms with E-state index >= 15 is 0 Å². The molecule has 1 atom stereocenters. The summed E-state index contributed by atoms with van der Waals surface area (Å²) in [6.07, 6.45) is 5.13. The van der Waals surface area contributed by atoms with Crippen LogP contribution in [0.4, 0.5) is 5.69 Å². The molecule has 42 heavy (non-hydrogen) atoms. The number of rotatable bonds is 11. The molecule has 1 saturated carbocycles. The zero-order chi connectivity index (χ0) is 30.3. The van der Waals surface area contributed by atoms with E-state index in [-0.39, 0.29) is 29.1 Å². The van der Waals surface area contributed by atoms with Crippen LogP contribution in [0.5, 0.6) is 5.75 Å². The van der Waals surface area contributed by atoms with Gasteiger partial charge < -0.3 is 15.0 Å². The van der Waals surface area contributed by atoms with Crippen LogP contribution in [0.15, 0.2) is 77.7 Å². The van der Waals surface area contributed by atoms with Crippen LogP contribution >= 0.6 is 0 Å². The van der Waals surface area contributed by atoms with E-state index < -0.39 is 28.5 Å². The smallest absolute Gasteiger partial charge is 0.264 e. The summed E-state index contributed by atoms with van der Waals surface area (Å²) in [5.41, 5.74) is 2.81. The van der Waals surface area contributed by atoms with Crippen molar-refractivity contribution in [1.82, 2.24) is 10.2 Å². The Kier molecular flexibility index (Phi) is 10.3. The van der Waals surface area contributed by atoms with Crippen LogP contribution in [-0.2, 0) is 26.2 Å². The molecule has 224 valence electrons. The van der Waals surface area contributed by atoms with Crippen LogP contribution in [0.1, 0.15) is 55.7 Å². The molecular formula is C33H41N3O5S. The zero-order valence-electron chi connectivity index (χ0n) is 24.9. The third-order valence-corrected chi connectivity index (χ3v) is 9.58. The van der Waals surface area contributed by atoms with Gasteiger partial charge in [0.05, 0.1) is 17.7 Å². The van der Waals surface area contributed by atoms with Crippen molar-refractivity contribution in [2.24, 2.45) is 0 Å². The van der Waals surface area contributed by atoms with Crippen LogP contribution in [0, 0.1) is 13.8 Å². The van der Waals surface area contributed by atoms with Gasteiger partial charge in [0.25, 0.3) is 10.0 Å². The van der Waals surface area contributed by atoms with E-state index in [4.69, 9.17) is 4.74 Å². The minimum Gasteiger partial charge on any atom is -0.495 e. The van der Waals surface area contributed by atoms with Crippen LogP contribution < -0.4 is 14.4 Å². The number of carbonyl (C=O) groups is 2. The Bertz CT molecular complexity index is 1470. The number of ether oxygens (including phenoxy) is 1. The van der Waals surface area contributed by atoms with Gasteiger partial charge in [-0.05, 0) is 69.0 Å². The number of methoxy groups -OCH3 is 1. The standard InChI is InChI=1S/C33H41N3O5S/c1-24-15-18-29(19-16-24)42(39,40)36(30-21-25(2)17-20-31(30)41-4)23-32(37)35(22-27-11-7-5-8-12-27)26(3)33(38)34-28-13-9-6-10-14-28/h5,7-8,11-12,15-21,26,28H,6,9-10,13-14,22-23H2,1-4H3,(H,34,38). The third-order valence-electron chi connectivity index (χ3n) is 7.81. The topological polar surface area (TPSA) is 96.0 Å². The molecular weight excluding hydrogens is 550 g/mol. The number of hydrogen-bond acceptors (Lipinski definition) is 5. The van der Waals surface area contributed by atoms with E-state index in [9.17, 15) is 18.0 Å². The van der Waals surface area contributed by atoms with Crippen molar-refractivity contribution < 1.29 is 22.7 Å². The minimum absolute atomic E-state index is 0.0576. The number of amides is 2. The van der Waals surface area contributed by atoms with Crippen molar-refractivity contribution in [1.29, 1.82) is 0 Å². The monoisotopic (exact) mass is 591 g/mol. The van der Waals surface area contributed by atoms with Gasteiger partial charge in [-0.25, -0.2) is 8.42 Å². The van der Waals surface area contributed by atoms with E-state index in [1.165, 1.54) is 24.1 Å². The van der Waals surface area contributed by atoms with Crippen molar-refractivity contribution in [3.63, 3.8) is 0 Å². The lowest BCUT2D eigenvalue weighted by molar-refractivity contribution is -0.139. The van der Waals surface area contributed by atoms with Gasteiger partial charge in [-0.2, -0.15) is 0 Å².